The van der Waals surface area contributed by atoms with Crippen molar-refractivity contribution >= 4 is 5.78 Å². The van der Waals surface area contributed by atoms with Crippen molar-refractivity contribution in [2.45, 2.75) is 51.0 Å². The van der Waals surface area contributed by atoms with Crippen molar-refractivity contribution in [2.24, 2.45) is 11.8 Å². The molecule has 3 unspecified atom stereocenters. The first-order valence-corrected chi connectivity index (χ1v) is 7.55. The highest BCUT2D eigenvalue weighted by atomic mass is 16.1. The van der Waals surface area contributed by atoms with Gasteiger partial charge in [-0.05, 0) is 43.8 Å². The fraction of sp³-hybridized carbons (Fsp3) is 0.688. The summed E-state index contributed by atoms with van der Waals surface area (Å²) in [7, 11) is 0. The zero-order valence-corrected chi connectivity index (χ0v) is 10.9. The van der Waals surface area contributed by atoms with Gasteiger partial charge in [-0.1, -0.05) is 18.4 Å². The molecule has 0 aromatic rings. The van der Waals surface area contributed by atoms with Crippen molar-refractivity contribution in [2.75, 3.05) is 6.54 Å². The zero-order chi connectivity index (χ0) is 12.1. The van der Waals surface area contributed by atoms with Gasteiger partial charge in [-0.3, -0.25) is 4.79 Å². The lowest BCUT2D eigenvalue weighted by atomic mass is 9.69. The molecule has 2 saturated carbocycles. The van der Waals surface area contributed by atoms with E-state index in [9.17, 15) is 4.79 Å². The fourth-order valence-corrected chi connectivity index (χ4v) is 4.63. The van der Waals surface area contributed by atoms with Gasteiger partial charge in [0.25, 0.3) is 0 Å². The SMILES string of the molecule is O=C1C=C2CCCC2C2=C1C1CCCCC1NC2. The van der Waals surface area contributed by atoms with E-state index < -0.39 is 0 Å². The predicted molar refractivity (Wildman–Crippen MR) is 71.2 cm³/mol. The molecule has 0 aromatic carbocycles. The Hall–Kier alpha value is -0.890. The maximum Gasteiger partial charge on any atom is 0.182 e. The number of allylic oxidation sites excluding steroid dienone is 2. The molecule has 4 rings (SSSR count). The van der Waals surface area contributed by atoms with Crippen LogP contribution in [0.4, 0.5) is 0 Å². The van der Waals surface area contributed by atoms with Gasteiger partial charge in [0.2, 0.25) is 0 Å². The number of hydrogen-bond acceptors (Lipinski definition) is 2. The van der Waals surface area contributed by atoms with Gasteiger partial charge in [-0.2, -0.15) is 0 Å². The lowest BCUT2D eigenvalue weighted by molar-refractivity contribution is -0.112. The van der Waals surface area contributed by atoms with E-state index in [0.717, 1.165) is 13.0 Å². The normalized spacial score (nSPS) is 39.0. The highest BCUT2D eigenvalue weighted by molar-refractivity contribution is 6.07. The van der Waals surface area contributed by atoms with E-state index in [-0.39, 0.29) is 0 Å². The molecule has 0 amide bonds. The van der Waals surface area contributed by atoms with E-state index in [0.29, 0.717) is 23.7 Å². The van der Waals surface area contributed by atoms with Gasteiger partial charge in [0.15, 0.2) is 5.78 Å². The summed E-state index contributed by atoms with van der Waals surface area (Å²) in [4.78, 5) is 12.5. The first-order chi connectivity index (χ1) is 8.84. The van der Waals surface area contributed by atoms with Crippen LogP contribution in [0, 0.1) is 11.8 Å². The third-order valence-corrected chi connectivity index (χ3v) is 5.45. The van der Waals surface area contributed by atoms with Gasteiger partial charge < -0.3 is 5.32 Å². The molecule has 2 fully saturated rings. The van der Waals surface area contributed by atoms with Gasteiger partial charge in [0.1, 0.15) is 0 Å². The molecule has 96 valence electrons. The van der Waals surface area contributed by atoms with Gasteiger partial charge in [0.05, 0.1) is 0 Å². The molecule has 1 aliphatic heterocycles. The summed E-state index contributed by atoms with van der Waals surface area (Å²) in [5, 5.41) is 3.72. The predicted octanol–water partition coefficient (Wildman–Crippen LogP) is 2.75. The Morgan fingerprint density at radius 3 is 2.94 bits per heavy atom. The summed E-state index contributed by atoms with van der Waals surface area (Å²) < 4.78 is 0. The van der Waals surface area contributed by atoms with E-state index in [4.69, 9.17) is 0 Å². The Labute approximate surface area is 109 Å². The van der Waals surface area contributed by atoms with Crippen LogP contribution in [0.25, 0.3) is 0 Å². The summed E-state index contributed by atoms with van der Waals surface area (Å²) in [6, 6.07) is 0.581. The summed E-state index contributed by atoms with van der Waals surface area (Å²) in [6.07, 6.45) is 10.8. The van der Waals surface area contributed by atoms with Crippen LogP contribution >= 0.6 is 0 Å². The Morgan fingerprint density at radius 1 is 1.11 bits per heavy atom. The molecule has 1 N–H and O–H groups in total. The second-order valence-corrected chi connectivity index (χ2v) is 6.35. The number of hydrogen-bond donors (Lipinski definition) is 1. The molecule has 2 heteroatoms. The van der Waals surface area contributed by atoms with Crippen molar-refractivity contribution in [3.63, 3.8) is 0 Å². The van der Waals surface area contributed by atoms with E-state index in [2.05, 4.69) is 5.32 Å². The van der Waals surface area contributed by atoms with Crippen LogP contribution in [-0.4, -0.2) is 18.4 Å². The van der Waals surface area contributed by atoms with Crippen LogP contribution in [0.2, 0.25) is 0 Å². The minimum absolute atomic E-state index is 0.358. The van der Waals surface area contributed by atoms with E-state index >= 15 is 0 Å². The lowest BCUT2D eigenvalue weighted by Gasteiger charge is -2.41. The molecule has 3 aliphatic carbocycles. The van der Waals surface area contributed by atoms with Gasteiger partial charge in [-0.25, -0.2) is 0 Å². The smallest absolute Gasteiger partial charge is 0.182 e. The minimum Gasteiger partial charge on any atom is -0.310 e. The first kappa shape index (κ1) is 11.0. The Bertz CT molecular complexity index is 460. The fourth-order valence-electron chi connectivity index (χ4n) is 4.63. The standard InChI is InChI=1S/C16H21NO/c18-15-8-10-4-3-6-11(10)13-9-17-14-7-2-1-5-12(14)16(13)15/h8,11-12,14,17H,1-7,9H2. The number of nitrogens with one attached hydrogen (secondary N) is 1. The molecule has 1 heterocycles. The van der Waals surface area contributed by atoms with Gasteiger partial charge >= 0.3 is 0 Å². The first-order valence-electron chi connectivity index (χ1n) is 7.55. The Morgan fingerprint density at radius 2 is 2.00 bits per heavy atom. The molecule has 3 atom stereocenters. The number of ketones is 1. The molecule has 0 aromatic heterocycles. The molecule has 0 saturated heterocycles. The Balaban J connectivity index is 1.76. The molecule has 4 aliphatic rings. The molecule has 0 bridgehead atoms. The number of carbonyl (C=O) groups excluding carboxylic acids is 1. The Kier molecular flexibility index (Phi) is 2.47. The summed E-state index contributed by atoms with van der Waals surface area (Å²) >= 11 is 0. The van der Waals surface area contributed by atoms with Crippen LogP contribution in [0.1, 0.15) is 44.9 Å². The molecule has 18 heavy (non-hydrogen) atoms. The van der Waals surface area contributed by atoms with Gasteiger partial charge in [-0.15, -0.1) is 0 Å². The van der Waals surface area contributed by atoms with E-state index in [1.165, 1.54) is 55.2 Å². The van der Waals surface area contributed by atoms with Crippen molar-refractivity contribution in [3.8, 4) is 0 Å². The average Bonchev–Trinajstić information content (AvgIpc) is 2.86. The molecule has 0 spiro atoms. The maximum atomic E-state index is 12.5. The van der Waals surface area contributed by atoms with Crippen LogP contribution in [0.3, 0.4) is 0 Å². The number of carbonyl (C=O) groups is 1. The molecule has 0 radical (unpaired) electrons. The second-order valence-electron chi connectivity index (χ2n) is 6.35. The van der Waals surface area contributed by atoms with E-state index in [1.54, 1.807) is 0 Å². The largest absolute Gasteiger partial charge is 0.310 e. The van der Waals surface area contributed by atoms with Crippen LogP contribution in [-0.2, 0) is 4.79 Å². The topological polar surface area (TPSA) is 29.1 Å². The van der Waals surface area contributed by atoms with E-state index in [1.807, 2.05) is 6.08 Å². The third kappa shape index (κ3) is 1.48. The van der Waals surface area contributed by atoms with Crippen molar-refractivity contribution in [1.82, 2.24) is 5.32 Å². The molecular weight excluding hydrogens is 222 g/mol. The summed E-state index contributed by atoms with van der Waals surface area (Å²) in [5.74, 6) is 1.50. The van der Waals surface area contributed by atoms with Crippen LogP contribution in [0.5, 0.6) is 0 Å². The quantitative estimate of drug-likeness (QED) is 0.709. The lowest BCUT2D eigenvalue weighted by Crippen LogP contribution is -2.47. The maximum absolute atomic E-state index is 12.5. The van der Waals surface area contributed by atoms with Gasteiger partial charge in [0, 0.05) is 30.0 Å². The highest BCUT2D eigenvalue weighted by Crippen LogP contribution is 2.46. The molecule has 2 nitrogen and oxygen atoms in total. The van der Waals surface area contributed by atoms with Crippen molar-refractivity contribution in [1.29, 1.82) is 0 Å². The zero-order valence-electron chi connectivity index (χ0n) is 10.9. The second kappa shape index (κ2) is 4.06. The van der Waals surface area contributed by atoms with Crippen LogP contribution < -0.4 is 5.32 Å². The summed E-state index contributed by atoms with van der Waals surface area (Å²) in [5.41, 5.74) is 4.13. The monoisotopic (exact) mass is 243 g/mol. The number of fused-ring (bicyclic) bond motifs is 4. The van der Waals surface area contributed by atoms with Crippen molar-refractivity contribution < 1.29 is 4.79 Å². The van der Waals surface area contributed by atoms with Crippen molar-refractivity contribution in [3.05, 3.63) is 22.8 Å². The highest BCUT2D eigenvalue weighted by Gasteiger charge is 2.41. The average molecular weight is 243 g/mol. The van der Waals surface area contributed by atoms with Crippen LogP contribution in [0.15, 0.2) is 22.8 Å². The summed E-state index contributed by atoms with van der Waals surface area (Å²) in [6.45, 7) is 0.976. The number of rotatable bonds is 0. The third-order valence-electron chi connectivity index (χ3n) is 5.45. The minimum atomic E-state index is 0.358. The molecular formula is C16H21NO.